The maximum atomic E-state index is 5.71. The highest BCUT2D eigenvalue weighted by atomic mass is 32.1. The number of hydrogen-bond acceptors (Lipinski definition) is 3. The predicted molar refractivity (Wildman–Crippen MR) is 63.3 cm³/mol. The molecule has 3 rings (SSSR count). The van der Waals surface area contributed by atoms with Crippen LogP contribution in [0.25, 0.3) is 0 Å². The molecule has 3 N–H and O–H groups in total. The van der Waals surface area contributed by atoms with Crippen molar-refractivity contribution in [3.63, 3.8) is 0 Å². The summed E-state index contributed by atoms with van der Waals surface area (Å²) in [6, 6.07) is 2.61. The molecular weight excluding hydrogens is 204 g/mol. The molecule has 1 aromatic heterocycles. The zero-order valence-electron chi connectivity index (χ0n) is 8.86. The molecule has 2 aliphatic carbocycles. The summed E-state index contributed by atoms with van der Waals surface area (Å²) in [5, 5.41) is 4.38. The summed E-state index contributed by atoms with van der Waals surface area (Å²) in [4.78, 5) is 0. The van der Waals surface area contributed by atoms with Crippen molar-refractivity contribution in [2.45, 2.75) is 31.7 Å². The highest BCUT2D eigenvalue weighted by Crippen LogP contribution is 2.60. The molecule has 0 amide bonds. The van der Waals surface area contributed by atoms with Gasteiger partial charge >= 0.3 is 0 Å². The molecule has 1 aromatic rings. The van der Waals surface area contributed by atoms with E-state index >= 15 is 0 Å². The van der Waals surface area contributed by atoms with Crippen molar-refractivity contribution in [2.24, 2.45) is 23.6 Å². The average Bonchev–Trinajstić information content (AvgIpc) is 2.74. The SMILES string of the molecule is NNC(c1ccsc1)C1C2CCCCC21. The Bertz CT molecular complexity index is 310. The summed E-state index contributed by atoms with van der Waals surface area (Å²) in [5.41, 5.74) is 4.42. The fraction of sp³-hybridized carbons (Fsp3) is 0.667. The first kappa shape index (κ1) is 9.82. The van der Waals surface area contributed by atoms with Crippen molar-refractivity contribution in [3.05, 3.63) is 22.4 Å². The van der Waals surface area contributed by atoms with E-state index in [1.165, 1.54) is 31.2 Å². The van der Waals surface area contributed by atoms with Crippen molar-refractivity contribution in [1.29, 1.82) is 0 Å². The van der Waals surface area contributed by atoms with E-state index in [-0.39, 0.29) is 0 Å². The molecule has 0 saturated heterocycles. The van der Waals surface area contributed by atoms with Gasteiger partial charge < -0.3 is 0 Å². The summed E-state index contributed by atoms with van der Waals surface area (Å²) >= 11 is 1.77. The molecule has 82 valence electrons. The Morgan fingerprint density at radius 2 is 2.07 bits per heavy atom. The van der Waals surface area contributed by atoms with Gasteiger partial charge in [-0.05, 0) is 53.0 Å². The summed E-state index contributed by atoms with van der Waals surface area (Å²) in [5.74, 6) is 8.44. The molecule has 1 heterocycles. The normalized spacial score (nSPS) is 35.9. The monoisotopic (exact) mass is 222 g/mol. The first-order valence-electron chi connectivity index (χ1n) is 5.90. The van der Waals surface area contributed by atoms with Gasteiger partial charge in [-0.1, -0.05) is 12.8 Å². The second-order valence-corrected chi connectivity index (χ2v) is 5.67. The quantitative estimate of drug-likeness (QED) is 0.609. The summed E-state index contributed by atoms with van der Waals surface area (Å²) in [6.45, 7) is 0. The smallest absolute Gasteiger partial charge is 0.0501 e. The van der Waals surface area contributed by atoms with E-state index in [0.29, 0.717) is 6.04 Å². The van der Waals surface area contributed by atoms with E-state index in [4.69, 9.17) is 5.84 Å². The van der Waals surface area contributed by atoms with Gasteiger partial charge in [-0.3, -0.25) is 11.3 Å². The van der Waals surface area contributed by atoms with Crippen molar-refractivity contribution in [1.82, 2.24) is 5.43 Å². The molecule has 3 unspecified atom stereocenters. The van der Waals surface area contributed by atoms with E-state index in [0.717, 1.165) is 17.8 Å². The fourth-order valence-corrected chi connectivity index (χ4v) is 4.12. The molecule has 15 heavy (non-hydrogen) atoms. The lowest BCUT2D eigenvalue weighted by molar-refractivity contribution is 0.457. The van der Waals surface area contributed by atoms with Crippen molar-refractivity contribution < 1.29 is 0 Å². The van der Waals surface area contributed by atoms with Crippen molar-refractivity contribution in [2.75, 3.05) is 0 Å². The van der Waals surface area contributed by atoms with Crippen LogP contribution in [-0.4, -0.2) is 0 Å². The Morgan fingerprint density at radius 3 is 2.60 bits per heavy atom. The standard InChI is InChI=1S/C12H18N2S/c13-14-12(8-5-6-15-7-8)11-9-3-1-2-4-10(9)11/h5-7,9-12,14H,1-4,13H2. The molecule has 2 nitrogen and oxygen atoms in total. The van der Waals surface area contributed by atoms with Crippen molar-refractivity contribution in [3.8, 4) is 0 Å². The van der Waals surface area contributed by atoms with E-state index in [1.807, 2.05) is 0 Å². The van der Waals surface area contributed by atoms with Crippen LogP contribution < -0.4 is 11.3 Å². The number of rotatable bonds is 3. The summed E-state index contributed by atoms with van der Waals surface area (Å²) in [6.07, 6.45) is 5.71. The van der Waals surface area contributed by atoms with E-state index in [1.54, 1.807) is 11.3 Å². The number of nitrogens with two attached hydrogens (primary N) is 1. The van der Waals surface area contributed by atoms with E-state index in [9.17, 15) is 0 Å². The molecule has 3 heteroatoms. The number of fused-ring (bicyclic) bond motifs is 1. The first-order chi connectivity index (χ1) is 7.42. The molecular formula is C12H18N2S. The van der Waals surface area contributed by atoms with Gasteiger partial charge in [-0.15, -0.1) is 0 Å². The maximum Gasteiger partial charge on any atom is 0.0501 e. The molecule has 2 fully saturated rings. The number of thiophene rings is 1. The second kappa shape index (κ2) is 3.89. The third-order valence-corrected chi connectivity index (χ3v) is 4.89. The third-order valence-electron chi connectivity index (χ3n) is 4.19. The Hall–Kier alpha value is -0.380. The van der Waals surface area contributed by atoms with Crippen molar-refractivity contribution >= 4 is 11.3 Å². The molecule has 3 atom stereocenters. The number of hydrazine groups is 1. The lowest BCUT2D eigenvalue weighted by Gasteiger charge is -2.14. The van der Waals surface area contributed by atoms with Gasteiger partial charge in [0, 0.05) is 0 Å². The maximum absolute atomic E-state index is 5.71. The van der Waals surface area contributed by atoms with Gasteiger partial charge in [0.25, 0.3) is 0 Å². The Balaban J connectivity index is 1.75. The average molecular weight is 222 g/mol. The van der Waals surface area contributed by atoms with Crippen LogP contribution in [-0.2, 0) is 0 Å². The van der Waals surface area contributed by atoms with Crippen LogP contribution in [0, 0.1) is 17.8 Å². The van der Waals surface area contributed by atoms with Crippen LogP contribution in [0.15, 0.2) is 16.8 Å². The number of nitrogens with one attached hydrogen (secondary N) is 1. The number of hydrogen-bond donors (Lipinski definition) is 2. The zero-order valence-corrected chi connectivity index (χ0v) is 9.67. The minimum Gasteiger partial charge on any atom is -0.271 e. The first-order valence-corrected chi connectivity index (χ1v) is 6.84. The third kappa shape index (κ3) is 1.63. The molecule has 0 spiro atoms. The summed E-state index contributed by atoms with van der Waals surface area (Å²) < 4.78 is 0. The largest absolute Gasteiger partial charge is 0.271 e. The molecule has 2 saturated carbocycles. The lowest BCUT2D eigenvalue weighted by Crippen LogP contribution is -2.30. The van der Waals surface area contributed by atoms with Crippen LogP contribution in [0.3, 0.4) is 0 Å². The topological polar surface area (TPSA) is 38.0 Å². The van der Waals surface area contributed by atoms with Crippen LogP contribution >= 0.6 is 11.3 Å². The van der Waals surface area contributed by atoms with Gasteiger partial charge in [-0.25, -0.2) is 0 Å². The van der Waals surface area contributed by atoms with E-state index < -0.39 is 0 Å². The highest BCUT2D eigenvalue weighted by Gasteiger charge is 2.54. The zero-order chi connectivity index (χ0) is 10.3. The molecule has 2 aliphatic rings. The molecule has 0 aliphatic heterocycles. The van der Waals surface area contributed by atoms with Gasteiger partial charge in [0.2, 0.25) is 0 Å². The Morgan fingerprint density at radius 1 is 1.33 bits per heavy atom. The predicted octanol–water partition coefficient (Wildman–Crippen LogP) is 2.69. The fourth-order valence-electron chi connectivity index (χ4n) is 3.42. The molecule has 0 bridgehead atoms. The lowest BCUT2D eigenvalue weighted by atomic mass is 10.0. The van der Waals surface area contributed by atoms with Gasteiger partial charge in [0.05, 0.1) is 6.04 Å². The van der Waals surface area contributed by atoms with Gasteiger partial charge in [0.1, 0.15) is 0 Å². The van der Waals surface area contributed by atoms with Crippen LogP contribution in [0.2, 0.25) is 0 Å². The van der Waals surface area contributed by atoms with Gasteiger partial charge in [0.15, 0.2) is 0 Å². The van der Waals surface area contributed by atoms with Gasteiger partial charge in [-0.2, -0.15) is 11.3 Å². The molecule has 0 radical (unpaired) electrons. The van der Waals surface area contributed by atoms with E-state index in [2.05, 4.69) is 22.3 Å². The Kier molecular flexibility index (Phi) is 2.54. The minimum atomic E-state index is 0.407. The Labute approximate surface area is 94.8 Å². The van der Waals surface area contributed by atoms with Crippen LogP contribution in [0.4, 0.5) is 0 Å². The minimum absolute atomic E-state index is 0.407. The second-order valence-electron chi connectivity index (χ2n) is 4.89. The molecule has 0 aromatic carbocycles. The highest BCUT2D eigenvalue weighted by molar-refractivity contribution is 7.07. The van der Waals surface area contributed by atoms with Crippen LogP contribution in [0.5, 0.6) is 0 Å². The van der Waals surface area contributed by atoms with Crippen LogP contribution in [0.1, 0.15) is 37.3 Å². The summed E-state index contributed by atoms with van der Waals surface area (Å²) in [7, 11) is 0.